The summed E-state index contributed by atoms with van der Waals surface area (Å²) in [6.07, 6.45) is 1.80. The van der Waals surface area contributed by atoms with Gasteiger partial charge in [-0.25, -0.2) is 0 Å². The van der Waals surface area contributed by atoms with E-state index in [4.69, 9.17) is 21.7 Å². The van der Waals surface area contributed by atoms with Crippen molar-refractivity contribution in [1.82, 2.24) is 5.32 Å². The molecule has 0 unspecified atom stereocenters. The number of ether oxygens (including phenoxy) is 2. The molecule has 1 fully saturated rings. The molecule has 1 aliphatic rings. The molecule has 0 aliphatic carbocycles. The fraction of sp³-hybridized carbons (Fsp3) is 0.185. The summed E-state index contributed by atoms with van der Waals surface area (Å²) in [6, 6.07) is 19.4. The first kappa shape index (κ1) is 22.6. The van der Waals surface area contributed by atoms with Crippen molar-refractivity contribution in [2.24, 2.45) is 0 Å². The fourth-order valence-electron chi connectivity index (χ4n) is 3.77. The number of anilines is 1. The van der Waals surface area contributed by atoms with Crippen molar-refractivity contribution < 1.29 is 14.3 Å². The van der Waals surface area contributed by atoms with Gasteiger partial charge in [0.15, 0.2) is 5.11 Å². The van der Waals surface area contributed by atoms with Crippen LogP contribution in [0.4, 0.5) is 5.69 Å². The molecule has 4 rings (SSSR count). The molecule has 3 aromatic carbocycles. The van der Waals surface area contributed by atoms with E-state index in [1.165, 1.54) is 10.5 Å². The first-order valence-corrected chi connectivity index (χ1v) is 11.1. The zero-order chi connectivity index (χ0) is 23.5. The minimum Gasteiger partial charge on any atom is -0.496 e. The van der Waals surface area contributed by atoms with E-state index in [1.54, 1.807) is 13.2 Å². The Morgan fingerprint density at radius 2 is 1.73 bits per heavy atom. The summed E-state index contributed by atoms with van der Waals surface area (Å²) in [7, 11) is 1.63. The number of hydrogen-bond acceptors (Lipinski definition) is 4. The Morgan fingerprint density at radius 3 is 2.48 bits per heavy atom. The number of methoxy groups -OCH3 is 1. The van der Waals surface area contributed by atoms with E-state index in [1.807, 2.05) is 68.4 Å². The molecule has 0 radical (unpaired) electrons. The minimum atomic E-state index is -0.182. The summed E-state index contributed by atoms with van der Waals surface area (Å²) in [6.45, 7) is 6.41. The third-order valence-corrected chi connectivity index (χ3v) is 6.07. The third-order valence-electron chi connectivity index (χ3n) is 5.79. The number of amides is 1. The number of carbonyl (C=O) groups is 1. The average Bonchev–Trinajstić information content (AvgIpc) is 3.08. The maximum absolute atomic E-state index is 13.1. The van der Waals surface area contributed by atoms with E-state index >= 15 is 0 Å². The Balaban J connectivity index is 1.59. The first-order valence-electron chi connectivity index (χ1n) is 10.7. The van der Waals surface area contributed by atoms with Crippen molar-refractivity contribution in [2.75, 3.05) is 12.0 Å². The average molecular weight is 459 g/mol. The van der Waals surface area contributed by atoms with Crippen LogP contribution < -0.4 is 19.7 Å². The van der Waals surface area contributed by atoms with Crippen molar-refractivity contribution in [3.63, 3.8) is 0 Å². The molecule has 1 N–H and O–H groups in total. The molecule has 6 heteroatoms. The van der Waals surface area contributed by atoms with Crippen LogP contribution in [0.1, 0.15) is 27.8 Å². The highest BCUT2D eigenvalue weighted by Crippen LogP contribution is 2.28. The largest absolute Gasteiger partial charge is 0.496 e. The molecule has 1 amide bonds. The van der Waals surface area contributed by atoms with E-state index in [-0.39, 0.29) is 5.91 Å². The predicted molar refractivity (Wildman–Crippen MR) is 136 cm³/mol. The number of hydrogen-bond donors (Lipinski definition) is 1. The van der Waals surface area contributed by atoms with E-state index < -0.39 is 0 Å². The number of nitrogens with one attached hydrogen (secondary N) is 1. The van der Waals surface area contributed by atoms with Gasteiger partial charge < -0.3 is 14.8 Å². The molecular weight excluding hydrogens is 432 g/mol. The zero-order valence-electron chi connectivity index (χ0n) is 19.1. The van der Waals surface area contributed by atoms with E-state index in [0.717, 1.165) is 39.4 Å². The van der Waals surface area contributed by atoms with Gasteiger partial charge in [0, 0.05) is 5.56 Å². The van der Waals surface area contributed by atoms with Gasteiger partial charge in [-0.15, -0.1) is 0 Å². The standard InChI is InChI=1S/C27H26N2O3S/c1-17-9-7-11-24(19(17)3)32-16-21-14-20(12-13-25(21)31-4)15-22-26(30)29(27(33)28-22)23-10-6-5-8-18(23)2/h5-15H,16H2,1-4H3,(H,28,33)/b22-15+. The quantitative estimate of drug-likeness (QED) is 0.393. The summed E-state index contributed by atoms with van der Waals surface area (Å²) >= 11 is 5.45. The van der Waals surface area contributed by atoms with Gasteiger partial charge in [-0.05, 0) is 85.6 Å². The molecule has 1 aliphatic heterocycles. The molecule has 33 heavy (non-hydrogen) atoms. The van der Waals surface area contributed by atoms with Gasteiger partial charge in [0.2, 0.25) is 0 Å². The molecule has 0 saturated carbocycles. The first-order chi connectivity index (χ1) is 15.9. The SMILES string of the molecule is COc1ccc(/C=C2/NC(=S)N(c3ccccc3C)C2=O)cc1COc1cccc(C)c1C. The summed E-state index contributed by atoms with van der Waals surface area (Å²) in [5.41, 5.74) is 6.21. The molecule has 5 nitrogen and oxygen atoms in total. The van der Waals surface area contributed by atoms with Crippen molar-refractivity contribution in [1.29, 1.82) is 0 Å². The Hall–Kier alpha value is -3.64. The van der Waals surface area contributed by atoms with Crippen LogP contribution in [-0.4, -0.2) is 18.1 Å². The second kappa shape index (κ2) is 9.46. The fourth-order valence-corrected chi connectivity index (χ4v) is 4.06. The smallest absolute Gasteiger partial charge is 0.281 e. The topological polar surface area (TPSA) is 50.8 Å². The molecule has 3 aromatic rings. The van der Waals surface area contributed by atoms with Crippen LogP contribution >= 0.6 is 12.2 Å². The lowest BCUT2D eigenvalue weighted by Crippen LogP contribution is -2.30. The minimum absolute atomic E-state index is 0.182. The summed E-state index contributed by atoms with van der Waals surface area (Å²) in [5.74, 6) is 1.39. The highest BCUT2D eigenvalue weighted by atomic mass is 32.1. The lowest BCUT2D eigenvalue weighted by Gasteiger charge is -2.16. The van der Waals surface area contributed by atoms with Gasteiger partial charge in [-0.1, -0.05) is 36.4 Å². The van der Waals surface area contributed by atoms with Crippen LogP contribution in [0.2, 0.25) is 0 Å². The molecule has 1 saturated heterocycles. The third kappa shape index (κ3) is 4.61. The molecular formula is C27H26N2O3S. The van der Waals surface area contributed by atoms with Crippen LogP contribution in [0.5, 0.6) is 11.5 Å². The Labute approximate surface area is 199 Å². The molecule has 168 valence electrons. The number of benzene rings is 3. The number of thiocarbonyl (C=S) groups is 1. The summed E-state index contributed by atoms with van der Waals surface area (Å²) in [5, 5.41) is 3.42. The maximum Gasteiger partial charge on any atom is 0.281 e. The van der Waals surface area contributed by atoms with Crippen molar-refractivity contribution in [2.45, 2.75) is 27.4 Å². The van der Waals surface area contributed by atoms with Crippen LogP contribution in [0.15, 0.2) is 66.4 Å². The number of nitrogens with zero attached hydrogens (tertiary/aromatic N) is 1. The van der Waals surface area contributed by atoms with Crippen LogP contribution in [-0.2, 0) is 11.4 Å². The number of rotatable bonds is 6. The van der Waals surface area contributed by atoms with Crippen LogP contribution in [0, 0.1) is 20.8 Å². The predicted octanol–water partition coefficient (Wildman–Crippen LogP) is 5.46. The molecule has 0 atom stereocenters. The molecule has 0 spiro atoms. The second-order valence-corrected chi connectivity index (χ2v) is 8.36. The van der Waals surface area contributed by atoms with E-state index in [0.29, 0.717) is 17.4 Å². The highest BCUT2D eigenvalue weighted by molar-refractivity contribution is 7.80. The second-order valence-electron chi connectivity index (χ2n) is 7.97. The van der Waals surface area contributed by atoms with Gasteiger partial charge in [-0.3, -0.25) is 9.69 Å². The van der Waals surface area contributed by atoms with Crippen molar-refractivity contribution in [3.8, 4) is 11.5 Å². The van der Waals surface area contributed by atoms with E-state index in [9.17, 15) is 4.79 Å². The van der Waals surface area contributed by atoms with Gasteiger partial charge >= 0.3 is 0 Å². The van der Waals surface area contributed by atoms with Gasteiger partial charge in [0.1, 0.15) is 23.8 Å². The van der Waals surface area contributed by atoms with Crippen LogP contribution in [0.3, 0.4) is 0 Å². The maximum atomic E-state index is 13.1. The number of carbonyl (C=O) groups excluding carboxylic acids is 1. The lowest BCUT2D eigenvalue weighted by molar-refractivity contribution is -0.113. The highest BCUT2D eigenvalue weighted by Gasteiger charge is 2.32. The normalized spacial score (nSPS) is 14.5. The molecule has 0 bridgehead atoms. The Kier molecular flexibility index (Phi) is 6.47. The Morgan fingerprint density at radius 1 is 0.970 bits per heavy atom. The van der Waals surface area contributed by atoms with E-state index in [2.05, 4.69) is 18.3 Å². The number of aryl methyl sites for hydroxylation is 2. The van der Waals surface area contributed by atoms with Crippen LogP contribution in [0.25, 0.3) is 6.08 Å². The van der Waals surface area contributed by atoms with Crippen molar-refractivity contribution >= 4 is 35.0 Å². The molecule has 1 heterocycles. The van der Waals surface area contributed by atoms with Gasteiger partial charge in [-0.2, -0.15) is 0 Å². The monoisotopic (exact) mass is 458 g/mol. The Bertz CT molecular complexity index is 1270. The summed E-state index contributed by atoms with van der Waals surface area (Å²) < 4.78 is 11.6. The van der Waals surface area contributed by atoms with Gasteiger partial charge in [0.05, 0.1) is 12.8 Å². The van der Waals surface area contributed by atoms with Crippen molar-refractivity contribution in [3.05, 3.63) is 94.2 Å². The van der Waals surface area contributed by atoms with Gasteiger partial charge in [0.25, 0.3) is 5.91 Å². The molecule has 0 aromatic heterocycles. The summed E-state index contributed by atoms with van der Waals surface area (Å²) in [4.78, 5) is 14.7. The number of para-hydroxylation sites is 1. The lowest BCUT2D eigenvalue weighted by atomic mass is 10.1. The zero-order valence-corrected chi connectivity index (χ0v) is 20.0.